The van der Waals surface area contributed by atoms with Gasteiger partial charge in [0, 0.05) is 0 Å². The van der Waals surface area contributed by atoms with Crippen LogP contribution in [0, 0.1) is 0 Å². The van der Waals surface area contributed by atoms with Gasteiger partial charge < -0.3 is 0 Å². The molecule has 1 heterocycles. The molecule has 0 spiro atoms. The van der Waals surface area contributed by atoms with E-state index in [-0.39, 0.29) is 11.8 Å². The van der Waals surface area contributed by atoms with E-state index in [4.69, 9.17) is 0 Å². The molecular weight excluding hydrogens is 191 g/mol. The van der Waals surface area contributed by atoms with E-state index >= 15 is 0 Å². The quantitative estimate of drug-likeness (QED) is 0.310. The van der Waals surface area contributed by atoms with Crippen LogP contribution in [-0.4, -0.2) is 45.2 Å². The fraction of sp³-hybridized carbons (Fsp3) is 0.667. The number of carbonyl (C=O) groups is 2. The molecule has 0 aromatic rings. The number of ketones is 1. The summed E-state index contributed by atoms with van der Waals surface area (Å²) >= 11 is 0.548. The Morgan fingerprint density at radius 2 is 2.40 bits per heavy atom. The maximum atomic E-state index is 10.8. The molecular formula is C6H11GeNO2. The van der Waals surface area contributed by atoms with E-state index in [1.54, 1.807) is 0 Å². The Bertz CT molecular complexity index is 160. The molecule has 1 saturated heterocycles. The van der Waals surface area contributed by atoms with Crippen molar-refractivity contribution in [2.75, 3.05) is 6.54 Å². The van der Waals surface area contributed by atoms with E-state index in [1.807, 2.05) is 0 Å². The first-order valence-electron chi connectivity index (χ1n) is 3.45. The van der Waals surface area contributed by atoms with E-state index in [1.165, 1.54) is 0 Å². The molecule has 1 atom stereocenters. The summed E-state index contributed by atoms with van der Waals surface area (Å²) in [6.45, 7) is 1.02. The van der Waals surface area contributed by atoms with Crippen LogP contribution in [0.4, 0.5) is 0 Å². The second kappa shape index (κ2) is 3.30. The van der Waals surface area contributed by atoms with E-state index in [9.17, 15) is 9.59 Å². The zero-order chi connectivity index (χ0) is 7.56. The maximum absolute atomic E-state index is 10.8. The number of nitrogens with zero attached hydrogens (tertiary/aromatic N) is 1. The van der Waals surface area contributed by atoms with E-state index in [2.05, 4.69) is 3.86 Å². The summed E-state index contributed by atoms with van der Waals surface area (Å²) in [6.07, 6.45) is 2.42. The van der Waals surface area contributed by atoms with Gasteiger partial charge >= 0.3 is 67.7 Å². The predicted molar refractivity (Wildman–Crippen MR) is 40.7 cm³/mol. The number of hydrogen-bond acceptors (Lipinski definition) is 3. The number of aldehydes is 1. The normalized spacial score (nSPS) is 27.0. The van der Waals surface area contributed by atoms with Crippen LogP contribution >= 0.6 is 0 Å². The van der Waals surface area contributed by atoms with Gasteiger partial charge in [0.05, 0.1) is 0 Å². The third-order valence-corrected chi connectivity index (χ3v) is 4.21. The van der Waals surface area contributed by atoms with Gasteiger partial charge in [0.2, 0.25) is 0 Å². The average molecular weight is 202 g/mol. The molecule has 56 valence electrons. The molecule has 1 aliphatic rings. The van der Waals surface area contributed by atoms with Gasteiger partial charge in [0.15, 0.2) is 0 Å². The zero-order valence-electron chi connectivity index (χ0n) is 6.04. The summed E-state index contributed by atoms with van der Waals surface area (Å²) in [6, 6.07) is -0.0440. The Hall–Kier alpha value is -0.157. The molecule has 1 fully saturated rings. The van der Waals surface area contributed by atoms with Gasteiger partial charge in [-0.3, -0.25) is 0 Å². The van der Waals surface area contributed by atoms with Crippen LogP contribution in [-0.2, 0) is 9.59 Å². The van der Waals surface area contributed by atoms with Crippen LogP contribution < -0.4 is 0 Å². The molecule has 10 heavy (non-hydrogen) atoms. The van der Waals surface area contributed by atoms with Crippen molar-refractivity contribution in [3.8, 4) is 0 Å². The molecule has 0 aliphatic carbocycles. The van der Waals surface area contributed by atoms with Crippen LogP contribution in [0.5, 0.6) is 0 Å². The SMILES string of the molecule is O=CC(=O)C1CCC[N]1[GeH3]. The molecule has 0 amide bonds. The van der Waals surface area contributed by atoms with Gasteiger partial charge in [-0.25, -0.2) is 0 Å². The van der Waals surface area contributed by atoms with Crippen molar-refractivity contribution in [3.05, 3.63) is 0 Å². The predicted octanol–water partition coefficient (Wildman–Crippen LogP) is -1.50. The molecule has 0 radical (unpaired) electrons. The summed E-state index contributed by atoms with van der Waals surface area (Å²) in [7, 11) is 0. The second-order valence-corrected chi connectivity index (χ2v) is 5.07. The number of rotatable bonds is 2. The Morgan fingerprint density at radius 1 is 1.70 bits per heavy atom. The first-order valence-corrected chi connectivity index (χ1v) is 5.32. The Balaban J connectivity index is 2.54. The van der Waals surface area contributed by atoms with Crippen molar-refractivity contribution >= 4 is 28.8 Å². The van der Waals surface area contributed by atoms with E-state index in [0.717, 1.165) is 19.4 Å². The number of Topliss-reactive ketones (excluding diaryl/α,β-unsaturated/α-hetero) is 1. The van der Waals surface area contributed by atoms with Crippen LogP contribution in [0.1, 0.15) is 12.8 Å². The van der Waals surface area contributed by atoms with Crippen molar-refractivity contribution in [1.29, 1.82) is 0 Å². The summed E-state index contributed by atoms with van der Waals surface area (Å²) in [4.78, 5) is 20.9. The second-order valence-electron chi connectivity index (χ2n) is 2.66. The molecule has 3 nitrogen and oxygen atoms in total. The summed E-state index contributed by atoms with van der Waals surface area (Å²) in [5, 5.41) is 0. The van der Waals surface area contributed by atoms with Gasteiger partial charge in [-0.15, -0.1) is 0 Å². The topological polar surface area (TPSA) is 37.4 Å². The molecule has 1 unspecified atom stereocenters. The van der Waals surface area contributed by atoms with E-state index in [0.29, 0.717) is 23.0 Å². The Kier molecular flexibility index (Phi) is 2.62. The fourth-order valence-corrected chi connectivity index (χ4v) is 3.09. The van der Waals surface area contributed by atoms with Gasteiger partial charge in [0.25, 0.3) is 0 Å². The molecule has 0 saturated carbocycles. The van der Waals surface area contributed by atoms with Crippen LogP contribution in [0.2, 0.25) is 0 Å². The average Bonchev–Trinajstić information content (AvgIpc) is 2.34. The molecule has 0 aromatic carbocycles. The van der Waals surface area contributed by atoms with Gasteiger partial charge in [-0.05, 0) is 0 Å². The van der Waals surface area contributed by atoms with Crippen molar-refractivity contribution in [3.63, 3.8) is 0 Å². The first kappa shape index (κ1) is 7.94. The van der Waals surface area contributed by atoms with Crippen molar-refractivity contribution in [1.82, 2.24) is 3.86 Å². The van der Waals surface area contributed by atoms with Crippen molar-refractivity contribution in [2.45, 2.75) is 18.9 Å². The Labute approximate surface area is 68.2 Å². The number of carbonyl (C=O) groups excluding carboxylic acids is 2. The first-order chi connectivity index (χ1) is 4.75. The monoisotopic (exact) mass is 203 g/mol. The number of hydrogen-bond donors (Lipinski definition) is 0. The van der Waals surface area contributed by atoms with Gasteiger partial charge in [-0.2, -0.15) is 0 Å². The molecule has 4 heteroatoms. The molecule has 0 aromatic heterocycles. The van der Waals surface area contributed by atoms with Crippen LogP contribution in [0.3, 0.4) is 0 Å². The standard InChI is InChI=1S/C6H11GeNO2/c7-8-3-1-2-5(8)6(10)4-9/h4-5H,1-3H2,7H3. The Morgan fingerprint density at radius 3 is 2.80 bits per heavy atom. The summed E-state index contributed by atoms with van der Waals surface area (Å²) < 4.78 is 2.11. The molecule has 0 N–H and O–H groups in total. The van der Waals surface area contributed by atoms with Gasteiger partial charge in [0.1, 0.15) is 0 Å². The third kappa shape index (κ3) is 1.46. The molecule has 0 bridgehead atoms. The van der Waals surface area contributed by atoms with Crippen molar-refractivity contribution in [2.24, 2.45) is 0 Å². The zero-order valence-corrected chi connectivity index (χ0v) is 10.2. The van der Waals surface area contributed by atoms with Crippen LogP contribution in [0.15, 0.2) is 0 Å². The molecule has 1 aliphatic heterocycles. The fourth-order valence-electron chi connectivity index (χ4n) is 1.35. The minimum atomic E-state index is -0.231. The summed E-state index contributed by atoms with van der Waals surface area (Å²) in [5.74, 6) is -0.231. The van der Waals surface area contributed by atoms with Crippen molar-refractivity contribution < 1.29 is 9.59 Å². The van der Waals surface area contributed by atoms with Gasteiger partial charge in [-0.1, -0.05) is 0 Å². The summed E-state index contributed by atoms with van der Waals surface area (Å²) in [5.41, 5.74) is 0. The molecule has 1 rings (SSSR count). The third-order valence-electron chi connectivity index (χ3n) is 1.97. The van der Waals surface area contributed by atoms with Crippen LogP contribution in [0.25, 0.3) is 0 Å². The minimum absolute atomic E-state index is 0.0440. The van der Waals surface area contributed by atoms with E-state index < -0.39 is 0 Å².